The molecule has 7 rings (SSSR count). The lowest BCUT2D eigenvalue weighted by Crippen LogP contribution is -2.39. The topological polar surface area (TPSA) is 291 Å². The summed E-state index contributed by atoms with van der Waals surface area (Å²) in [7, 11) is -17.8. The van der Waals surface area contributed by atoms with Crippen LogP contribution in [0.5, 0.6) is 0 Å². The van der Waals surface area contributed by atoms with Crippen LogP contribution in [0, 0.1) is 5.92 Å². The molecule has 1 saturated carbocycles. The molecule has 3 fully saturated rings. The number of carbonyl (C=O) groups is 3. The molecule has 0 unspecified atom stereocenters. The van der Waals surface area contributed by atoms with Crippen LogP contribution >= 0.6 is 0 Å². The van der Waals surface area contributed by atoms with E-state index in [1.54, 1.807) is 0 Å². The Balaban J connectivity index is 1.33. The highest BCUT2D eigenvalue weighted by Gasteiger charge is 2.43. The smallest absolute Gasteiger partial charge is 0.336 e. The van der Waals surface area contributed by atoms with Crippen LogP contribution in [0.15, 0.2) is 93.0 Å². The van der Waals surface area contributed by atoms with Gasteiger partial charge in [0.2, 0.25) is 5.71 Å². The molecule has 0 bridgehead atoms. The largest absolute Gasteiger partial charge is 0.344 e. The number of carbonyl (C=O) groups excluding carboxylic acids is 3. The van der Waals surface area contributed by atoms with Crippen LogP contribution in [0.2, 0.25) is 0 Å². The molecule has 2 amide bonds. The maximum atomic E-state index is 13.3. The van der Waals surface area contributed by atoms with Crippen LogP contribution < -0.4 is 9.80 Å². The van der Waals surface area contributed by atoms with Gasteiger partial charge in [-0.1, -0.05) is 39.8 Å². The number of hydroxylamine groups is 2. The molecular weight excluding hydrogens is 993 g/mol. The number of piperidine rings is 1. The fraction of sp³-hybridized carbons (Fsp3) is 0.478. The van der Waals surface area contributed by atoms with Gasteiger partial charge < -0.3 is 14.6 Å². The van der Waals surface area contributed by atoms with Gasteiger partial charge in [0.25, 0.3) is 52.3 Å². The summed E-state index contributed by atoms with van der Waals surface area (Å²) in [6.07, 6.45) is 10.0. The standard InChI is InChI=1S/C46H56N4O16S4/c1-45(2)35-28-33(69(60,61)62)12-14-37(35)48(22-6-26-67(54,55)56)39(45)16-10-30-8-5-9-31(43(30)47-24-20-32(21-25-47)44(53)66-50-41(51)18-19-42(50)52)11-17-40-46(3,4)36-29-34(70(63,64)65)13-15-38(36)49(40)23-7-27-68(57,58)59/h10-17,28-29,32H,5-9,18-27H2,1-4H3,(H3-,54,55,56,57,58,59,60,61,62,63,64,65)/p+1. The molecule has 24 heteroatoms. The van der Waals surface area contributed by atoms with Gasteiger partial charge in [-0.15, -0.1) is 5.06 Å². The fourth-order valence-electron chi connectivity index (χ4n) is 10.1. The maximum absolute atomic E-state index is 13.3. The number of benzene rings is 2. The highest BCUT2D eigenvalue weighted by molar-refractivity contribution is 7.86. The number of rotatable bonds is 14. The number of fused-ring (bicyclic) bond motifs is 2. The van der Waals surface area contributed by atoms with E-state index in [1.165, 1.54) is 36.4 Å². The summed E-state index contributed by atoms with van der Waals surface area (Å²) >= 11 is 0. The predicted octanol–water partition coefficient (Wildman–Crippen LogP) is 4.91. The minimum atomic E-state index is -4.59. The first-order valence-electron chi connectivity index (χ1n) is 22.7. The quantitative estimate of drug-likeness (QED) is 0.111. The summed E-state index contributed by atoms with van der Waals surface area (Å²) < 4.78 is 137. The van der Waals surface area contributed by atoms with Crippen molar-refractivity contribution in [1.82, 2.24) is 5.06 Å². The third kappa shape index (κ3) is 11.3. The van der Waals surface area contributed by atoms with E-state index in [0.29, 0.717) is 84.2 Å². The first kappa shape index (κ1) is 52.7. The third-order valence-electron chi connectivity index (χ3n) is 13.6. The molecule has 4 N–H and O–H groups in total. The van der Waals surface area contributed by atoms with Crippen LogP contribution in [0.3, 0.4) is 0 Å². The van der Waals surface area contributed by atoms with Crippen LogP contribution in [-0.2, 0) is 70.5 Å². The van der Waals surface area contributed by atoms with Crippen LogP contribution in [0.4, 0.5) is 11.4 Å². The molecule has 70 heavy (non-hydrogen) atoms. The van der Waals surface area contributed by atoms with Crippen molar-refractivity contribution in [3.63, 3.8) is 0 Å². The summed E-state index contributed by atoms with van der Waals surface area (Å²) in [5, 5.41) is 0.532. The summed E-state index contributed by atoms with van der Waals surface area (Å²) in [4.78, 5) is 46.1. The summed E-state index contributed by atoms with van der Waals surface area (Å²) in [6, 6.07) is 8.35. The van der Waals surface area contributed by atoms with Crippen molar-refractivity contribution in [3.05, 3.63) is 94.4 Å². The Labute approximate surface area is 408 Å². The molecule has 20 nitrogen and oxygen atoms in total. The Morgan fingerprint density at radius 3 is 1.46 bits per heavy atom. The Morgan fingerprint density at radius 2 is 1.07 bits per heavy atom. The fourth-order valence-corrected chi connectivity index (χ4v) is 12.1. The van der Waals surface area contributed by atoms with Gasteiger partial charge in [-0.2, -0.15) is 33.7 Å². The van der Waals surface area contributed by atoms with Crippen molar-refractivity contribution in [1.29, 1.82) is 0 Å². The second kappa shape index (κ2) is 19.5. The number of hydrogen-bond acceptors (Lipinski definition) is 14. The number of amides is 2. The molecule has 0 spiro atoms. The first-order chi connectivity index (χ1) is 32.5. The lowest BCUT2D eigenvalue weighted by molar-refractivity contribution is -0.539. The van der Waals surface area contributed by atoms with E-state index in [9.17, 15) is 66.3 Å². The van der Waals surface area contributed by atoms with E-state index in [2.05, 4.69) is 4.58 Å². The zero-order chi connectivity index (χ0) is 51.4. The Kier molecular flexibility index (Phi) is 14.7. The van der Waals surface area contributed by atoms with Crippen molar-refractivity contribution in [2.45, 2.75) is 106 Å². The number of hydrogen-bond donors (Lipinski definition) is 4. The van der Waals surface area contributed by atoms with Crippen LogP contribution in [0.1, 0.15) is 96.6 Å². The van der Waals surface area contributed by atoms with Crippen LogP contribution in [-0.4, -0.2) is 123 Å². The Morgan fingerprint density at radius 1 is 0.657 bits per heavy atom. The minimum Gasteiger partial charge on any atom is -0.344 e. The van der Waals surface area contributed by atoms with Gasteiger partial charge in [0.05, 0.1) is 27.2 Å². The molecule has 5 aliphatic rings. The average molecular weight is 1050 g/mol. The zero-order valence-corrected chi connectivity index (χ0v) is 42.3. The lowest BCUT2D eigenvalue weighted by Gasteiger charge is -2.28. The number of nitrogens with zero attached hydrogens (tertiary/aromatic N) is 4. The normalized spacial score (nSPS) is 23.0. The number of allylic oxidation sites excluding steroid dienone is 8. The molecule has 0 aromatic heterocycles. The highest BCUT2D eigenvalue weighted by Crippen LogP contribution is 2.50. The van der Waals surface area contributed by atoms with Gasteiger partial charge in [-0.25, -0.2) is 9.37 Å². The molecule has 2 aromatic rings. The first-order valence-corrected chi connectivity index (χ1v) is 28.8. The lowest BCUT2D eigenvalue weighted by atomic mass is 9.82. The van der Waals surface area contributed by atoms with Crippen molar-refractivity contribution in [2.24, 2.45) is 5.92 Å². The zero-order valence-electron chi connectivity index (χ0n) is 39.1. The molecule has 1 aliphatic carbocycles. The highest BCUT2D eigenvalue weighted by atomic mass is 32.2. The second-order valence-corrected chi connectivity index (χ2v) is 25.1. The maximum Gasteiger partial charge on any atom is 0.336 e. The van der Waals surface area contributed by atoms with Gasteiger partial charge >= 0.3 is 5.97 Å². The molecule has 380 valence electrons. The van der Waals surface area contributed by atoms with E-state index in [1.807, 2.05) is 61.8 Å². The Bertz CT molecular complexity index is 2950. The van der Waals surface area contributed by atoms with Gasteiger partial charge in [0, 0.05) is 83.5 Å². The van der Waals surface area contributed by atoms with E-state index in [-0.39, 0.29) is 48.6 Å². The molecule has 0 radical (unpaired) electrons. The second-order valence-electron chi connectivity index (χ2n) is 19.1. The van der Waals surface area contributed by atoms with Gasteiger partial charge in [0.1, 0.15) is 13.1 Å². The molecule has 0 atom stereocenters. The van der Waals surface area contributed by atoms with E-state index in [0.717, 1.165) is 16.9 Å². The average Bonchev–Trinajstić information content (AvgIpc) is 3.77. The van der Waals surface area contributed by atoms with Gasteiger partial charge in [-0.3, -0.25) is 27.8 Å². The van der Waals surface area contributed by atoms with Crippen molar-refractivity contribution in [2.75, 3.05) is 47.5 Å². The summed E-state index contributed by atoms with van der Waals surface area (Å²) in [5.41, 5.74) is 4.38. The van der Waals surface area contributed by atoms with Gasteiger partial charge in [-0.05, 0) is 91.8 Å². The third-order valence-corrected chi connectivity index (χ3v) is 16.9. The van der Waals surface area contributed by atoms with E-state index in [4.69, 9.17) is 4.84 Å². The van der Waals surface area contributed by atoms with Crippen molar-refractivity contribution in [3.8, 4) is 0 Å². The Hall–Kier alpha value is -5.08. The molecule has 4 heterocycles. The van der Waals surface area contributed by atoms with Crippen molar-refractivity contribution >= 4 is 75.3 Å². The summed E-state index contributed by atoms with van der Waals surface area (Å²) in [5.74, 6) is -3.57. The monoisotopic (exact) mass is 1050 g/mol. The number of imide groups is 1. The van der Waals surface area contributed by atoms with E-state index >= 15 is 0 Å². The summed E-state index contributed by atoms with van der Waals surface area (Å²) in [6.45, 7) is 8.41. The van der Waals surface area contributed by atoms with Crippen LogP contribution in [0.25, 0.3) is 0 Å². The van der Waals surface area contributed by atoms with E-state index < -0.39 is 86.5 Å². The number of anilines is 2. The molecule has 2 aromatic carbocycles. The molecule has 4 aliphatic heterocycles. The SMILES string of the molecule is CC1(C)/C(=C/C=C2\CCC/C(=C\C=C3/N(CCCS(=O)(=O)O)c4ccc(S(=O)(=O)O)cc4C3(C)C)C2=[N+]2CCC(C(=O)ON3C(=O)CCC3=O)CC2)N(CCCS(=O)(=O)O)c2ccc(S(=O)(=O)O)cc21. The van der Waals surface area contributed by atoms with Gasteiger partial charge in [0.15, 0.2) is 0 Å². The molecule has 2 saturated heterocycles. The minimum absolute atomic E-state index is 0.0167. The van der Waals surface area contributed by atoms with Crippen molar-refractivity contribution < 1.29 is 75.7 Å². The predicted molar refractivity (Wildman–Crippen MR) is 256 cm³/mol. The molecular formula is C46H57N4O16S4+.